The Labute approximate surface area is 153 Å². The third-order valence-electron chi connectivity index (χ3n) is 3.31. The summed E-state index contributed by atoms with van der Waals surface area (Å²) in [5, 5.41) is 8.58. The van der Waals surface area contributed by atoms with Gasteiger partial charge in [0.2, 0.25) is 0 Å². The second kappa shape index (κ2) is 9.89. The fourth-order valence-electron chi connectivity index (χ4n) is 2.11. The van der Waals surface area contributed by atoms with Crippen molar-refractivity contribution in [2.45, 2.75) is 45.4 Å². The first-order chi connectivity index (χ1) is 9.69. The number of aryl methyl sites for hydroxylation is 2. The van der Waals surface area contributed by atoms with Crippen molar-refractivity contribution in [3.8, 4) is 0 Å². The molecule has 0 amide bonds. The minimum Gasteiger partial charge on any atom is -0.357 e. The summed E-state index contributed by atoms with van der Waals surface area (Å²) in [4.78, 5) is 10.5. The van der Waals surface area contributed by atoms with E-state index in [9.17, 15) is 0 Å². The molecule has 2 N–H and O–H groups in total. The predicted octanol–water partition coefficient (Wildman–Crippen LogP) is 3.33. The summed E-state index contributed by atoms with van der Waals surface area (Å²) in [5.41, 5.74) is 1.13. The topological polar surface area (TPSA) is 49.3 Å². The van der Waals surface area contributed by atoms with Crippen LogP contribution >= 0.6 is 47.1 Å². The molecule has 0 saturated carbocycles. The maximum atomic E-state index is 4.63. The number of nitrogens with zero attached hydrogens (tertiary/aromatic N) is 2. The highest BCUT2D eigenvalue weighted by molar-refractivity contribution is 14.0. The lowest BCUT2D eigenvalue weighted by atomic mass is 10.2. The van der Waals surface area contributed by atoms with E-state index in [-0.39, 0.29) is 24.0 Å². The summed E-state index contributed by atoms with van der Waals surface area (Å²) >= 11 is 3.81. The van der Waals surface area contributed by atoms with Crippen molar-refractivity contribution in [2.75, 3.05) is 18.8 Å². The summed E-state index contributed by atoms with van der Waals surface area (Å²) < 4.78 is 0. The Morgan fingerprint density at radius 2 is 2.19 bits per heavy atom. The number of thiazole rings is 1. The summed E-state index contributed by atoms with van der Waals surface area (Å²) in [6.07, 6.45) is 2.67. The van der Waals surface area contributed by atoms with Gasteiger partial charge in [-0.05, 0) is 39.4 Å². The minimum absolute atomic E-state index is 0. The van der Waals surface area contributed by atoms with Gasteiger partial charge in [0.05, 0.1) is 12.2 Å². The molecule has 1 unspecified atom stereocenters. The highest BCUT2D eigenvalue weighted by Gasteiger charge is 2.15. The molecule has 4 nitrogen and oxygen atoms in total. The van der Waals surface area contributed by atoms with Gasteiger partial charge in [-0.3, -0.25) is 0 Å². The van der Waals surface area contributed by atoms with Crippen molar-refractivity contribution in [1.29, 1.82) is 0 Å². The summed E-state index contributed by atoms with van der Waals surface area (Å²) in [6.45, 7) is 8.82. The molecule has 1 aromatic heterocycles. The largest absolute Gasteiger partial charge is 0.357 e. The molecule has 1 aliphatic rings. The number of hydrogen-bond acceptors (Lipinski definition) is 4. The van der Waals surface area contributed by atoms with Crippen LogP contribution in [-0.2, 0) is 6.54 Å². The SMILES string of the molecule is CCNC(=NCc1nc(C)c(C)s1)NCC1CCCS1.I. The molecule has 2 rings (SSSR count). The van der Waals surface area contributed by atoms with Gasteiger partial charge in [0.25, 0.3) is 0 Å². The molecule has 1 fully saturated rings. The summed E-state index contributed by atoms with van der Waals surface area (Å²) in [7, 11) is 0. The fourth-order valence-corrected chi connectivity index (χ4v) is 4.17. The van der Waals surface area contributed by atoms with Gasteiger partial charge in [-0.25, -0.2) is 9.98 Å². The second-order valence-corrected chi connectivity index (χ2v) is 7.66. The Hall–Kier alpha value is -0.0200. The molecule has 0 aliphatic carbocycles. The van der Waals surface area contributed by atoms with E-state index in [0.717, 1.165) is 35.0 Å². The molecule has 7 heteroatoms. The van der Waals surface area contributed by atoms with E-state index < -0.39 is 0 Å². The van der Waals surface area contributed by atoms with E-state index in [4.69, 9.17) is 0 Å². The highest BCUT2D eigenvalue weighted by atomic mass is 127. The monoisotopic (exact) mass is 440 g/mol. The van der Waals surface area contributed by atoms with Crippen LogP contribution in [0.4, 0.5) is 0 Å². The second-order valence-electron chi connectivity index (χ2n) is 4.96. The van der Waals surface area contributed by atoms with E-state index in [1.165, 1.54) is 23.5 Å². The first-order valence-corrected chi connectivity index (χ1v) is 9.12. The third-order valence-corrected chi connectivity index (χ3v) is 5.77. The van der Waals surface area contributed by atoms with Crippen LogP contribution in [0.3, 0.4) is 0 Å². The number of rotatable bonds is 5. The van der Waals surface area contributed by atoms with Crippen molar-refractivity contribution in [2.24, 2.45) is 4.99 Å². The zero-order valence-electron chi connectivity index (χ0n) is 12.9. The number of halogens is 1. The molecule has 1 atom stereocenters. The number of nitrogens with one attached hydrogen (secondary N) is 2. The molecule has 2 heterocycles. The molecular weight excluding hydrogens is 415 g/mol. The molecule has 0 aromatic carbocycles. The first kappa shape index (κ1) is 19.0. The molecule has 21 heavy (non-hydrogen) atoms. The molecular formula is C14H25IN4S2. The molecule has 0 bridgehead atoms. The van der Waals surface area contributed by atoms with Gasteiger partial charge in [0.1, 0.15) is 5.01 Å². The Bertz CT molecular complexity index is 436. The fraction of sp³-hybridized carbons (Fsp3) is 0.714. The van der Waals surface area contributed by atoms with Crippen LogP contribution < -0.4 is 10.6 Å². The van der Waals surface area contributed by atoms with Gasteiger partial charge in [-0.1, -0.05) is 0 Å². The standard InChI is InChI=1S/C14H24N4S2.HI/c1-4-15-14(16-8-12-6-5-7-19-12)17-9-13-18-10(2)11(3)20-13;/h12H,4-9H2,1-3H3,(H2,15,16,17);1H. The van der Waals surface area contributed by atoms with Gasteiger partial charge in [0.15, 0.2) is 5.96 Å². The van der Waals surface area contributed by atoms with Crippen LogP contribution in [0.15, 0.2) is 4.99 Å². The summed E-state index contributed by atoms with van der Waals surface area (Å²) in [5.74, 6) is 2.21. The first-order valence-electron chi connectivity index (χ1n) is 7.25. The van der Waals surface area contributed by atoms with Crippen molar-refractivity contribution in [3.05, 3.63) is 15.6 Å². The van der Waals surface area contributed by atoms with Crippen LogP contribution in [0.2, 0.25) is 0 Å². The smallest absolute Gasteiger partial charge is 0.191 e. The zero-order chi connectivity index (χ0) is 14.4. The van der Waals surface area contributed by atoms with Crippen molar-refractivity contribution >= 4 is 53.0 Å². The number of guanidine groups is 1. The van der Waals surface area contributed by atoms with E-state index in [2.05, 4.69) is 53.1 Å². The molecule has 0 spiro atoms. The number of hydrogen-bond donors (Lipinski definition) is 2. The average molecular weight is 440 g/mol. The van der Waals surface area contributed by atoms with Gasteiger partial charge < -0.3 is 10.6 Å². The van der Waals surface area contributed by atoms with Crippen molar-refractivity contribution in [3.63, 3.8) is 0 Å². The van der Waals surface area contributed by atoms with Gasteiger partial charge in [0, 0.05) is 23.2 Å². The van der Waals surface area contributed by atoms with Crippen molar-refractivity contribution < 1.29 is 0 Å². The Morgan fingerprint density at radius 1 is 1.38 bits per heavy atom. The third kappa shape index (κ3) is 6.32. The van der Waals surface area contributed by atoms with Crippen LogP contribution in [0, 0.1) is 13.8 Å². The maximum Gasteiger partial charge on any atom is 0.191 e. The van der Waals surface area contributed by atoms with Gasteiger partial charge >= 0.3 is 0 Å². The van der Waals surface area contributed by atoms with E-state index >= 15 is 0 Å². The maximum absolute atomic E-state index is 4.63. The Balaban J connectivity index is 0.00000220. The number of thioether (sulfide) groups is 1. The number of aliphatic imine (C=N–C) groups is 1. The molecule has 0 radical (unpaired) electrons. The lowest BCUT2D eigenvalue weighted by molar-refractivity contribution is 0.727. The van der Waals surface area contributed by atoms with Gasteiger partial charge in [-0.15, -0.1) is 35.3 Å². The van der Waals surface area contributed by atoms with E-state index in [0.29, 0.717) is 6.54 Å². The Morgan fingerprint density at radius 3 is 2.76 bits per heavy atom. The van der Waals surface area contributed by atoms with Crippen LogP contribution in [0.25, 0.3) is 0 Å². The zero-order valence-corrected chi connectivity index (χ0v) is 16.9. The molecule has 120 valence electrons. The Kier molecular flexibility index (Phi) is 8.96. The molecule has 1 aromatic rings. The highest BCUT2D eigenvalue weighted by Crippen LogP contribution is 2.25. The van der Waals surface area contributed by atoms with Gasteiger partial charge in [-0.2, -0.15) is 11.8 Å². The average Bonchev–Trinajstić information content (AvgIpc) is 3.04. The van der Waals surface area contributed by atoms with Crippen LogP contribution in [0.1, 0.15) is 35.3 Å². The summed E-state index contributed by atoms with van der Waals surface area (Å²) in [6, 6.07) is 0. The van der Waals surface area contributed by atoms with Crippen LogP contribution in [0.5, 0.6) is 0 Å². The van der Waals surface area contributed by atoms with E-state index in [1.807, 2.05) is 0 Å². The number of aromatic nitrogens is 1. The quantitative estimate of drug-likeness (QED) is 0.419. The predicted molar refractivity (Wildman–Crippen MR) is 105 cm³/mol. The lowest BCUT2D eigenvalue weighted by Gasteiger charge is -2.14. The van der Waals surface area contributed by atoms with Crippen LogP contribution in [-0.4, -0.2) is 35.0 Å². The van der Waals surface area contributed by atoms with E-state index in [1.54, 1.807) is 11.3 Å². The molecule has 1 saturated heterocycles. The minimum atomic E-state index is 0. The van der Waals surface area contributed by atoms with Crippen molar-refractivity contribution in [1.82, 2.24) is 15.6 Å². The lowest BCUT2D eigenvalue weighted by Crippen LogP contribution is -2.40. The molecule has 1 aliphatic heterocycles. The normalized spacial score (nSPS) is 18.4.